The number of carbonyl (C=O) groups is 1. The van der Waals surface area contributed by atoms with Gasteiger partial charge in [-0.3, -0.25) is 14.9 Å². The maximum absolute atomic E-state index is 12.1. The summed E-state index contributed by atoms with van der Waals surface area (Å²) in [6.07, 6.45) is 10.6. The van der Waals surface area contributed by atoms with Crippen molar-refractivity contribution in [1.82, 2.24) is 0 Å². The first kappa shape index (κ1) is 16.8. The fraction of sp³-hybridized carbons (Fsp3) is 0.118. The molecule has 0 saturated heterocycles. The van der Waals surface area contributed by atoms with Crippen LogP contribution in [0.4, 0.5) is 0 Å². The number of nitro groups is 1. The van der Waals surface area contributed by atoms with Crippen molar-refractivity contribution in [2.75, 3.05) is 0 Å². The second kappa shape index (κ2) is 8.14. The van der Waals surface area contributed by atoms with E-state index < -0.39 is 10.2 Å². The minimum atomic E-state index is -0.450. The standard InChI is InChI=1S/C17H15NO4S/c1-13(18(20)21)12-14-7-9-15(10-8-14)22-17(19)16-6-4-2-3-5-11-23-16/h2-12,16H,1H3/b3-2-,6-4-,11-5-,13-12?. The Morgan fingerprint density at radius 3 is 2.61 bits per heavy atom. The number of hydrogen-bond donors (Lipinski definition) is 0. The number of allylic oxidation sites excluding steroid dienone is 5. The summed E-state index contributed by atoms with van der Waals surface area (Å²) in [5.41, 5.74) is 0.720. The van der Waals surface area contributed by atoms with Crippen molar-refractivity contribution >= 4 is 23.8 Å². The monoisotopic (exact) mass is 329 g/mol. The molecule has 1 unspecified atom stereocenters. The van der Waals surface area contributed by atoms with E-state index in [4.69, 9.17) is 4.74 Å². The van der Waals surface area contributed by atoms with E-state index in [1.165, 1.54) is 24.8 Å². The van der Waals surface area contributed by atoms with Crippen LogP contribution in [0.1, 0.15) is 12.5 Å². The van der Waals surface area contributed by atoms with Gasteiger partial charge in [0.2, 0.25) is 5.70 Å². The summed E-state index contributed by atoms with van der Waals surface area (Å²) in [5, 5.41) is 12.0. The highest BCUT2D eigenvalue weighted by Gasteiger charge is 2.17. The van der Waals surface area contributed by atoms with E-state index >= 15 is 0 Å². The molecule has 1 aromatic carbocycles. The first-order valence-corrected chi connectivity index (χ1v) is 7.80. The molecule has 2 rings (SSSR count). The van der Waals surface area contributed by atoms with Crippen LogP contribution in [0, 0.1) is 10.1 Å². The van der Waals surface area contributed by atoms with Crippen molar-refractivity contribution < 1.29 is 14.5 Å². The Hall–Kier alpha value is -2.60. The molecule has 5 nitrogen and oxygen atoms in total. The highest BCUT2D eigenvalue weighted by molar-refractivity contribution is 8.03. The predicted molar refractivity (Wildman–Crippen MR) is 91.5 cm³/mol. The first-order valence-electron chi connectivity index (χ1n) is 6.86. The lowest BCUT2D eigenvalue weighted by molar-refractivity contribution is -0.422. The molecule has 0 spiro atoms. The summed E-state index contributed by atoms with van der Waals surface area (Å²) in [4.78, 5) is 22.3. The Bertz CT molecular complexity index is 702. The Morgan fingerprint density at radius 2 is 1.91 bits per heavy atom. The predicted octanol–water partition coefficient (Wildman–Crippen LogP) is 3.97. The summed E-state index contributed by atoms with van der Waals surface area (Å²) >= 11 is 1.36. The van der Waals surface area contributed by atoms with Gasteiger partial charge in [-0.05, 0) is 23.1 Å². The second-order valence-corrected chi connectivity index (χ2v) is 5.74. The van der Waals surface area contributed by atoms with Crippen LogP contribution in [0.3, 0.4) is 0 Å². The van der Waals surface area contributed by atoms with E-state index in [0.717, 1.165) is 0 Å². The van der Waals surface area contributed by atoms with Gasteiger partial charge in [-0.15, -0.1) is 11.8 Å². The molecule has 23 heavy (non-hydrogen) atoms. The third-order valence-corrected chi connectivity index (χ3v) is 3.87. The van der Waals surface area contributed by atoms with E-state index in [1.54, 1.807) is 36.4 Å². The Kier molecular flexibility index (Phi) is 5.94. The molecule has 1 heterocycles. The summed E-state index contributed by atoms with van der Waals surface area (Å²) in [6, 6.07) is 6.56. The van der Waals surface area contributed by atoms with Crippen LogP contribution in [0.15, 0.2) is 65.8 Å². The molecule has 0 saturated carbocycles. The molecule has 118 valence electrons. The normalized spacial score (nSPS) is 21.6. The van der Waals surface area contributed by atoms with Gasteiger partial charge in [0.05, 0.1) is 4.92 Å². The van der Waals surface area contributed by atoms with E-state index in [-0.39, 0.29) is 11.7 Å². The van der Waals surface area contributed by atoms with Crippen LogP contribution in [0.2, 0.25) is 0 Å². The average Bonchev–Trinajstić information content (AvgIpc) is 2.48. The molecule has 1 aliphatic heterocycles. The van der Waals surface area contributed by atoms with Crippen molar-refractivity contribution in [3.63, 3.8) is 0 Å². The molecule has 1 aliphatic rings. The SMILES string of the molecule is CC(=Cc1ccc(OC(=O)C2\C=C/C=C\C=C/S2)cc1)[N+](=O)[O-]. The maximum atomic E-state index is 12.1. The van der Waals surface area contributed by atoms with Crippen LogP contribution in [-0.2, 0) is 4.79 Å². The van der Waals surface area contributed by atoms with Gasteiger partial charge in [0.1, 0.15) is 11.0 Å². The largest absolute Gasteiger partial charge is 0.425 e. The number of nitrogens with zero attached hydrogens (tertiary/aromatic N) is 1. The Labute approximate surface area is 138 Å². The third kappa shape index (κ3) is 5.27. The minimum absolute atomic E-state index is 0.0469. The van der Waals surface area contributed by atoms with Crippen molar-refractivity contribution in [2.24, 2.45) is 0 Å². The molecule has 6 heteroatoms. The average molecular weight is 329 g/mol. The summed E-state index contributed by atoms with van der Waals surface area (Å²) in [6.45, 7) is 1.42. The molecule has 0 aromatic heterocycles. The second-order valence-electron chi connectivity index (χ2n) is 4.69. The van der Waals surface area contributed by atoms with E-state index in [9.17, 15) is 14.9 Å². The van der Waals surface area contributed by atoms with Crippen LogP contribution >= 0.6 is 11.8 Å². The lowest BCUT2D eigenvalue weighted by atomic mass is 10.2. The van der Waals surface area contributed by atoms with Crippen molar-refractivity contribution in [3.8, 4) is 5.75 Å². The maximum Gasteiger partial charge on any atom is 0.328 e. The Balaban J connectivity index is 2.03. The highest BCUT2D eigenvalue weighted by Crippen LogP contribution is 2.20. The lowest BCUT2D eigenvalue weighted by Gasteiger charge is -2.10. The van der Waals surface area contributed by atoms with Gasteiger partial charge in [-0.25, -0.2) is 0 Å². The van der Waals surface area contributed by atoms with Gasteiger partial charge in [0.15, 0.2) is 0 Å². The molecule has 0 radical (unpaired) electrons. The zero-order chi connectivity index (χ0) is 16.7. The zero-order valence-electron chi connectivity index (χ0n) is 12.4. The highest BCUT2D eigenvalue weighted by atomic mass is 32.2. The third-order valence-electron chi connectivity index (χ3n) is 2.92. The van der Waals surface area contributed by atoms with Crippen molar-refractivity contribution in [1.29, 1.82) is 0 Å². The van der Waals surface area contributed by atoms with Gasteiger partial charge in [-0.2, -0.15) is 0 Å². The van der Waals surface area contributed by atoms with Gasteiger partial charge in [0, 0.05) is 13.0 Å². The summed E-state index contributed by atoms with van der Waals surface area (Å²) in [7, 11) is 0. The minimum Gasteiger partial charge on any atom is -0.425 e. The number of rotatable bonds is 4. The number of ether oxygens (including phenoxy) is 1. The van der Waals surface area contributed by atoms with Crippen LogP contribution in [-0.4, -0.2) is 16.1 Å². The number of thioether (sulfide) groups is 1. The molecule has 0 bridgehead atoms. The summed E-state index contributed by atoms with van der Waals surface area (Å²) < 4.78 is 5.33. The van der Waals surface area contributed by atoms with Gasteiger partial charge >= 0.3 is 5.97 Å². The van der Waals surface area contributed by atoms with E-state index in [2.05, 4.69) is 0 Å². The molecular formula is C17H15NO4S. The number of benzene rings is 1. The number of carbonyl (C=O) groups excluding carboxylic acids is 1. The van der Waals surface area contributed by atoms with E-state index in [1.807, 2.05) is 23.6 Å². The van der Waals surface area contributed by atoms with Crippen LogP contribution in [0.5, 0.6) is 5.75 Å². The van der Waals surface area contributed by atoms with Crippen LogP contribution in [0.25, 0.3) is 6.08 Å². The molecule has 0 amide bonds. The number of esters is 1. The van der Waals surface area contributed by atoms with E-state index in [0.29, 0.717) is 11.3 Å². The lowest BCUT2D eigenvalue weighted by Crippen LogP contribution is -2.20. The molecular weight excluding hydrogens is 314 g/mol. The van der Waals surface area contributed by atoms with Gasteiger partial charge in [-0.1, -0.05) is 42.5 Å². The van der Waals surface area contributed by atoms with Gasteiger partial charge in [0.25, 0.3) is 0 Å². The quantitative estimate of drug-likeness (QED) is 0.362. The summed E-state index contributed by atoms with van der Waals surface area (Å²) in [5.74, 6) is 0.0393. The molecule has 1 aromatic rings. The molecule has 1 atom stereocenters. The first-order chi connectivity index (χ1) is 11.1. The fourth-order valence-corrected chi connectivity index (χ4v) is 2.44. The molecule has 0 fully saturated rings. The van der Waals surface area contributed by atoms with Crippen molar-refractivity contribution in [3.05, 3.63) is 81.4 Å². The fourth-order valence-electron chi connectivity index (χ4n) is 1.75. The topological polar surface area (TPSA) is 69.4 Å². The van der Waals surface area contributed by atoms with Crippen LogP contribution < -0.4 is 4.74 Å². The molecule has 0 aliphatic carbocycles. The molecule has 0 N–H and O–H groups in total. The smallest absolute Gasteiger partial charge is 0.328 e. The zero-order valence-corrected chi connectivity index (χ0v) is 13.2. The Morgan fingerprint density at radius 1 is 1.22 bits per heavy atom. The number of hydrogen-bond acceptors (Lipinski definition) is 5. The van der Waals surface area contributed by atoms with Gasteiger partial charge < -0.3 is 4.74 Å². The van der Waals surface area contributed by atoms with Crippen molar-refractivity contribution in [2.45, 2.75) is 12.2 Å².